The first-order chi connectivity index (χ1) is 11.4. The molecule has 0 aliphatic rings. The smallest absolute Gasteiger partial charge is 0.248 e. The molecule has 0 spiro atoms. The number of methoxy groups -OCH3 is 1. The Morgan fingerprint density at radius 1 is 1.17 bits per heavy atom. The van der Waals surface area contributed by atoms with Gasteiger partial charge in [-0.2, -0.15) is 0 Å². The maximum absolute atomic E-state index is 12.1. The van der Waals surface area contributed by atoms with Crippen molar-refractivity contribution in [2.75, 3.05) is 31.4 Å². The van der Waals surface area contributed by atoms with Crippen LogP contribution in [0.2, 0.25) is 10.0 Å². The molecule has 4 nitrogen and oxygen atoms in total. The standard InChI is InChI=1S/C18H18Cl2N2O2/c1-22(2)15-7-5-14(6-8-15)21-17(23)9-4-12-10-13(19)11-16(20)18(12)24-3/h4-11H,1-3H3,(H,21,23). The van der Waals surface area contributed by atoms with Gasteiger partial charge in [-0.3, -0.25) is 4.79 Å². The van der Waals surface area contributed by atoms with E-state index < -0.39 is 0 Å². The quantitative estimate of drug-likeness (QED) is 0.780. The van der Waals surface area contributed by atoms with Crippen LogP contribution in [0.4, 0.5) is 11.4 Å². The van der Waals surface area contributed by atoms with Crippen molar-refractivity contribution in [3.63, 3.8) is 0 Å². The van der Waals surface area contributed by atoms with Crippen LogP contribution in [0, 0.1) is 0 Å². The summed E-state index contributed by atoms with van der Waals surface area (Å²) in [5.74, 6) is 0.214. The molecule has 0 aromatic heterocycles. The molecule has 2 aromatic rings. The molecule has 0 aliphatic carbocycles. The van der Waals surface area contributed by atoms with E-state index in [0.717, 1.165) is 5.69 Å². The summed E-state index contributed by atoms with van der Waals surface area (Å²) in [6, 6.07) is 10.8. The van der Waals surface area contributed by atoms with Crippen molar-refractivity contribution in [2.45, 2.75) is 0 Å². The van der Waals surface area contributed by atoms with Gasteiger partial charge in [0.05, 0.1) is 12.1 Å². The van der Waals surface area contributed by atoms with Crippen LogP contribution in [0.3, 0.4) is 0 Å². The Labute approximate surface area is 151 Å². The topological polar surface area (TPSA) is 41.6 Å². The number of nitrogens with zero attached hydrogens (tertiary/aromatic N) is 1. The Hall–Kier alpha value is -2.17. The molecule has 0 saturated heterocycles. The van der Waals surface area contributed by atoms with E-state index >= 15 is 0 Å². The second kappa shape index (κ2) is 8.08. The van der Waals surface area contributed by atoms with Gasteiger partial charge in [-0.1, -0.05) is 23.2 Å². The SMILES string of the molecule is COc1c(Cl)cc(Cl)cc1C=CC(=O)Nc1ccc(N(C)C)cc1. The van der Waals surface area contributed by atoms with E-state index in [2.05, 4.69) is 5.32 Å². The highest BCUT2D eigenvalue weighted by molar-refractivity contribution is 6.36. The number of hydrogen-bond donors (Lipinski definition) is 1. The van der Waals surface area contributed by atoms with Gasteiger partial charge in [0.25, 0.3) is 0 Å². The number of nitrogens with one attached hydrogen (secondary N) is 1. The number of benzene rings is 2. The number of carbonyl (C=O) groups excluding carboxylic acids is 1. The summed E-state index contributed by atoms with van der Waals surface area (Å²) in [6.07, 6.45) is 3.02. The maximum atomic E-state index is 12.1. The number of anilines is 2. The van der Waals surface area contributed by atoms with Gasteiger partial charge in [0.2, 0.25) is 5.91 Å². The van der Waals surface area contributed by atoms with Crippen molar-refractivity contribution in [1.29, 1.82) is 0 Å². The highest BCUT2D eigenvalue weighted by Gasteiger charge is 2.08. The van der Waals surface area contributed by atoms with Crippen LogP contribution >= 0.6 is 23.2 Å². The minimum absolute atomic E-state index is 0.259. The van der Waals surface area contributed by atoms with Crippen molar-refractivity contribution in [1.82, 2.24) is 0 Å². The lowest BCUT2D eigenvalue weighted by atomic mass is 10.2. The Kier molecular flexibility index (Phi) is 6.12. The van der Waals surface area contributed by atoms with Crippen LogP contribution < -0.4 is 15.0 Å². The van der Waals surface area contributed by atoms with E-state index in [1.807, 2.05) is 43.3 Å². The Balaban J connectivity index is 2.11. The van der Waals surface area contributed by atoms with Crippen LogP contribution in [-0.2, 0) is 4.79 Å². The van der Waals surface area contributed by atoms with Crippen molar-refractivity contribution < 1.29 is 9.53 Å². The summed E-state index contributed by atoms with van der Waals surface area (Å²) in [7, 11) is 5.43. The monoisotopic (exact) mass is 364 g/mol. The third-order valence-electron chi connectivity index (χ3n) is 3.31. The Morgan fingerprint density at radius 3 is 2.42 bits per heavy atom. The molecule has 6 heteroatoms. The first-order valence-electron chi connectivity index (χ1n) is 7.20. The van der Waals surface area contributed by atoms with Crippen LogP contribution in [0.15, 0.2) is 42.5 Å². The van der Waals surface area contributed by atoms with E-state index in [4.69, 9.17) is 27.9 Å². The van der Waals surface area contributed by atoms with Gasteiger partial charge in [0, 0.05) is 42.1 Å². The molecule has 0 aliphatic heterocycles. The van der Waals surface area contributed by atoms with Crippen LogP contribution in [0.1, 0.15) is 5.56 Å². The molecule has 2 aromatic carbocycles. The lowest BCUT2D eigenvalue weighted by Crippen LogP contribution is -2.10. The molecule has 0 unspecified atom stereocenters. The first kappa shape index (κ1) is 18.2. The van der Waals surface area contributed by atoms with E-state index in [1.165, 1.54) is 13.2 Å². The molecular weight excluding hydrogens is 347 g/mol. The third-order valence-corrected chi connectivity index (χ3v) is 3.81. The number of halogens is 2. The number of carbonyl (C=O) groups is 1. The van der Waals surface area contributed by atoms with Gasteiger partial charge >= 0.3 is 0 Å². The number of rotatable bonds is 5. The lowest BCUT2D eigenvalue weighted by molar-refractivity contribution is -0.111. The molecule has 24 heavy (non-hydrogen) atoms. The van der Waals surface area contributed by atoms with Crippen LogP contribution in [-0.4, -0.2) is 27.1 Å². The molecule has 0 bridgehead atoms. The van der Waals surface area contributed by atoms with Crippen molar-refractivity contribution >= 4 is 46.6 Å². The second-order valence-corrected chi connectivity index (χ2v) is 6.12. The van der Waals surface area contributed by atoms with Gasteiger partial charge in [-0.05, 0) is 42.5 Å². The molecule has 1 amide bonds. The summed E-state index contributed by atoms with van der Waals surface area (Å²) in [5, 5.41) is 3.66. The number of ether oxygens (including phenoxy) is 1. The van der Waals surface area contributed by atoms with E-state index in [9.17, 15) is 4.79 Å². The van der Waals surface area contributed by atoms with Gasteiger partial charge < -0.3 is 15.0 Å². The summed E-state index contributed by atoms with van der Waals surface area (Å²) in [6.45, 7) is 0. The lowest BCUT2D eigenvalue weighted by Gasteiger charge is -2.12. The van der Waals surface area contributed by atoms with E-state index in [-0.39, 0.29) is 5.91 Å². The highest BCUT2D eigenvalue weighted by atomic mass is 35.5. The predicted molar refractivity (Wildman–Crippen MR) is 101 cm³/mol. The second-order valence-electron chi connectivity index (χ2n) is 5.27. The summed E-state index contributed by atoms with van der Waals surface area (Å²) >= 11 is 12.1. The molecule has 0 atom stereocenters. The van der Waals surface area contributed by atoms with Crippen molar-refractivity contribution in [3.8, 4) is 5.75 Å². The van der Waals surface area contributed by atoms with Gasteiger partial charge in [-0.15, -0.1) is 0 Å². The van der Waals surface area contributed by atoms with E-state index in [1.54, 1.807) is 18.2 Å². The minimum Gasteiger partial charge on any atom is -0.495 e. The zero-order chi connectivity index (χ0) is 17.7. The fraction of sp³-hybridized carbons (Fsp3) is 0.167. The van der Waals surface area contributed by atoms with Crippen molar-refractivity contribution in [3.05, 3.63) is 58.1 Å². The molecule has 1 N–H and O–H groups in total. The molecular formula is C18H18Cl2N2O2. The average molecular weight is 365 g/mol. The molecule has 0 saturated carbocycles. The van der Waals surface area contributed by atoms with Gasteiger partial charge in [0.1, 0.15) is 5.75 Å². The number of hydrogen-bond acceptors (Lipinski definition) is 3. The van der Waals surface area contributed by atoms with Gasteiger partial charge in [-0.25, -0.2) is 0 Å². The van der Waals surface area contributed by atoms with Crippen LogP contribution in [0.25, 0.3) is 6.08 Å². The molecule has 0 heterocycles. The summed E-state index contributed by atoms with van der Waals surface area (Å²) in [5.41, 5.74) is 2.40. The maximum Gasteiger partial charge on any atom is 0.248 e. The molecule has 2 rings (SSSR count). The fourth-order valence-corrected chi connectivity index (χ4v) is 2.70. The zero-order valence-corrected chi connectivity index (χ0v) is 15.2. The first-order valence-corrected chi connectivity index (χ1v) is 7.96. The van der Waals surface area contributed by atoms with Crippen LogP contribution in [0.5, 0.6) is 5.75 Å². The number of amides is 1. The third kappa shape index (κ3) is 4.66. The normalized spacial score (nSPS) is 10.7. The highest BCUT2D eigenvalue weighted by Crippen LogP contribution is 2.32. The fourth-order valence-electron chi connectivity index (χ4n) is 2.11. The molecule has 0 fully saturated rings. The molecule has 126 valence electrons. The summed E-state index contributed by atoms with van der Waals surface area (Å²) < 4.78 is 5.24. The Bertz CT molecular complexity index is 756. The zero-order valence-electron chi connectivity index (χ0n) is 13.6. The minimum atomic E-state index is -0.259. The Morgan fingerprint density at radius 2 is 1.83 bits per heavy atom. The average Bonchev–Trinajstić information content (AvgIpc) is 2.53. The van der Waals surface area contributed by atoms with Gasteiger partial charge in [0.15, 0.2) is 0 Å². The molecule has 0 radical (unpaired) electrons. The predicted octanol–water partition coefficient (Wildman–Crippen LogP) is 4.72. The summed E-state index contributed by atoms with van der Waals surface area (Å²) in [4.78, 5) is 14.0. The van der Waals surface area contributed by atoms with E-state index in [0.29, 0.717) is 27.0 Å². The van der Waals surface area contributed by atoms with Crippen molar-refractivity contribution in [2.24, 2.45) is 0 Å². The largest absolute Gasteiger partial charge is 0.495 e.